The minimum Gasteiger partial charge on any atom is -0.382 e. The fourth-order valence-electron chi connectivity index (χ4n) is 6.71. The molecule has 1 spiro atoms. The summed E-state index contributed by atoms with van der Waals surface area (Å²) in [5.41, 5.74) is 1.78. The molecule has 6 nitrogen and oxygen atoms in total. The van der Waals surface area contributed by atoms with Crippen molar-refractivity contribution < 1.29 is 14.4 Å². The highest BCUT2D eigenvalue weighted by molar-refractivity contribution is 6.08. The van der Waals surface area contributed by atoms with E-state index in [-0.39, 0.29) is 23.3 Å². The van der Waals surface area contributed by atoms with Crippen molar-refractivity contribution in [3.05, 3.63) is 66.2 Å². The van der Waals surface area contributed by atoms with Gasteiger partial charge < -0.3 is 4.84 Å². The summed E-state index contributed by atoms with van der Waals surface area (Å²) in [4.78, 5) is 33.6. The lowest BCUT2D eigenvalue weighted by atomic mass is 9.67. The van der Waals surface area contributed by atoms with Crippen LogP contribution < -0.4 is 5.01 Å². The standard InChI is InChI=1S/C26H27N3O3/c1-25(2)18-13-14-26(25)22(15-18)29(28(24(26)31)19-11-7-4-8-12-19)23(30)21-16-20(27-32-21)17-9-5-3-6-10-17/h3-12,18,21-22H,13-16H2,1-2H3/t18?,21-,22?,26?/m1/s1. The third-order valence-corrected chi connectivity index (χ3v) is 8.50. The SMILES string of the molecule is CC1(C)C2CCC13C(=O)N(c1ccccc1)N(C(=O)[C@H]1CC(c4ccccc4)=NO1)C3C2. The highest BCUT2D eigenvalue weighted by Crippen LogP contribution is 2.70. The molecular weight excluding hydrogens is 402 g/mol. The number of benzene rings is 2. The Morgan fingerprint density at radius 2 is 1.75 bits per heavy atom. The third-order valence-electron chi connectivity index (χ3n) is 8.50. The van der Waals surface area contributed by atoms with E-state index in [1.54, 1.807) is 10.0 Å². The Kier molecular flexibility index (Phi) is 4.07. The summed E-state index contributed by atoms with van der Waals surface area (Å²) < 4.78 is 0. The number of nitrogens with zero attached hydrogens (tertiary/aromatic N) is 3. The molecule has 0 aromatic heterocycles. The Balaban J connectivity index is 1.37. The van der Waals surface area contributed by atoms with E-state index in [1.165, 1.54) is 0 Å². The van der Waals surface area contributed by atoms with Crippen molar-refractivity contribution in [3.63, 3.8) is 0 Å². The molecule has 2 bridgehead atoms. The Morgan fingerprint density at radius 1 is 1.06 bits per heavy atom. The molecule has 2 aliphatic carbocycles. The molecule has 6 heteroatoms. The maximum atomic E-state index is 14.1. The number of hydrogen-bond acceptors (Lipinski definition) is 4. The lowest BCUT2D eigenvalue weighted by Gasteiger charge is -2.35. The molecule has 1 saturated heterocycles. The number of carbonyl (C=O) groups is 2. The summed E-state index contributed by atoms with van der Waals surface area (Å²) in [5, 5.41) is 7.59. The molecule has 6 rings (SSSR count). The Labute approximate surface area is 187 Å². The largest absolute Gasteiger partial charge is 0.382 e. The normalized spacial score (nSPS) is 32.1. The van der Waals surface area contributed by atoms with E-state index in [4.69, 9.17) is 4.84 Å². The van der Waals surface area contributed by atoms with Crippen LogP contribution in [-0.2, 0) is 14.4 Å². The zero-order valence-corrected chi connectivity index (χ0v) is 18.4. The summed E-state index contributed by atoms with van der Waals surface area (Å²) in [5.74, 6) is 0.321. The van der Waals surface area contributed by atoms with Crippen LogP contribution >= 0.6 is 0 Å². The lowest BCUT2D eigenvalue weighted by Crippen LogP contribution is -2.51. The quantitative estimate of drug-likeness (QED) is 0.736. The number of anilines is 1. The number of para-hydroxylation sites is 1. The van der Waals surface area contributed by atoms with E-state index in [2.05, 4.69) is 19.0 Å². The van der Waals surface area contributed by atoms with Gasteiger partial charge in [0.05, 0.1) is 22.9 Å². The summed E-state index contributed by atoms with van der Waals surface area (Å²) in [6.45, 7) is 4.42. The molecule has 2 saturated carbocycles. The van der Waals surface area contributed by atoms with Crippen LogP contribution in [-0.4, -0.2) is 34.7 Å². The molecule has 0 radical (unpaired) electrons. The van der Waals surface area contributed by atoms with E-state index in [0.717, 1.165) is 36.2 Å². The molecule has 164 valence electrons. The van der Waals surface area contributed by atoms with Gasteiger partial charge in [-0.1, -0.05) is 67.5 Å². The molecule has 2 heterocycles. The molecule has 3 fully saturated rings. The number of hydrogen-bond donors (Lipinski definition) is 0. The van der Waals surface area contributed by atoms with Crippen molar-refractivity contribution in [1.82, 2.24) is 5.01 Å². The fourth-order valence-corrected chi connectivity index (χ4v) is 6.71. The van der Waals surface area contributed by atoms with Crippen LogP contribution in [0.5, 0.6) is 0 Å². The minimum atomic E-state index is -0.721. The van der Waals surface area contributed by atoms with Gasteiger partial charge in [-0.25, -0.2) is 10.0 Å². The van der Waals surface area contributed by atoms with Crippen LogP contribution in [0.1, 0.15) is 45.1 Å². The molecule has 2 aromatic carbocycles. The van der Waals surface area contributed by atoms with E-state index < -0.39 is 11.5 Å². The Morgan fingerprint density at radius 3 is 2.44 bits per heavy atom. The van der Waals surface area contributed by atoms with Crippen LogP contribution in [0.15, 0.2) is 65.8 Å². The van der Waals surface area contributed by atoms with Gasteiger partial charge in [-0.05, 0) is 48.3 Å². The van der Waals surface area contributed by atoms with Gasteiger partial charge in [-0.3, -0.25) is 9.59 Å². The van der Waals surface area contributed by atoms with Gasteiger partial charge in [0, 0.05) is 6.42 Å². The second-order valence-corrected chi connectivity index (χ2v) is 10.0. The molecule has 2 amide bonds. The van der Waals surface area contributed by atoms with Crippen molar-refractivity contribution in [1.29, 1.82) is 0 Å². The van der Waals surface area contributed by atoms with Gasteiger partial charge in [-0.2, -0.15) is 0 Å². The molecule has 4 aliphatic rings. The average molecular weight is 430 g/mol. The van der Waals surface area contributed by atoms with E-state index in [0.29, 0.717) is 12.3 Å². The molecule has 0 N–H and O–H groups in total. The van der Waals surface area contributed by atoms with E-state index in [1.807, 2.05) is 60.7 Å². The lowest BCUT2D eigenvalue weighted by molar-refractivity contribution is -0.145. The van der Waals surface area contributed by atoms with Crippen molar-refractivity contribution in [2.45, 2.75) is 51.7 Å². The highest BCUT2D eigenvalue weighted by Gasteiger charge is 2.75. The van der Waals surface area contributed by atoms with E-state index >= 15 is 0 Å². The van der Waals surface area contributed by atoms with Gasteiger partial charge in [-0.15, -0.1) is 0 Å². The number of hydrazine groups is 1. The van der Waals surface area contributed by atoms with Gasteiger partial charge in [0.1, 0.15) is 0 Å². The number of oxime groups is 1. The number of amides is 2. The maximum Gasteiger partial charge on any atom is 0.286 e. The molecule has 2 aromatic rings. The third kappa shape index (κ3) is 2.38. The Hall–Kier alpha value is -3.15. The zero-order valence-electron chi connectivity index (χ0n) is 18.4. The first-order valence-corrected chi connectivity index (χ1v) is 11.5. The highest BCUT2D eigenvalue weighted by atomic mass is 16.6. The first kappa shape index (κ1) is 19.5. The predicted molar refractivity (Wildman–Crippen MR) is 121 cm³/mol. The average Bonchev–Trinajstić information content (AvgIpc) is 3.53. The summed E-state index contributed by atoms with van der Waals surface area (Å²) in [6, 6.07) is 19.2. The molecule has 2 aliphatic heterocycles. The van der Waals surface area contributed by atoms with Crippen molar-refractivity contribution in [3.8, 4) is 0 Å². The molecular formula is C26H27N3O3. The maximum absolute atomic E-state index is 14.1. The van der Waals surface area contributed by atoms with Crippen molar-refractivity contribution in [2.75, 3.05) is 5.01 Å². The van der Waals surface area contributed by atoms with Gasteiger partial charge in [0.2, 0.25) is 6.10 Å². The molecule has 4 atom stereocenters. The summed E-state index contributed by atoms with van der Waals surface area (Å²) >= 11 is 0. The van der Waals surface area contributed by atoms with Crippen LogP contribution in [0.3, 0.4) is 0 Å². The topological polar surface area (TPSA) is 62.2 Å². The van der Waals surface area contributed by atoms with Crippen molar-refractivity contribution in [2.24, 2.45) is 21.9 Å². The van der Waals surface area contributed by atoms with Gasteiger partial charge >= 0.3 is 0 Å². The first-order chi connectivity index (χ1) is 15.4. The zero-order chi connectivity index (χ0) is 22.1. The molecule has 3 unspecified atom stereocenters. The second kappa shape index (κ2) is 6.67. The van der Waals surface area contributed by atoms with Crippen LogP contribution in [0.25, 0.3) is 0 Å². The van der Waals surface area contributed by atoms with Crippen LogP contribution in [0.2, 0.25) is 0 Å². The molecule has 32 heavy (non-hydrogen) atoms. The van der Waals surface area contributed by atoms with Gasteiger partial charge in [0.15, 0.2) is 0 Å². The fraction of sp³-hybridized carbons (Fsp3) is 0.423. The van der Waals surface area contributed by atoms with Crippen LogP contribution in [0, 0.1) is 16.7 Å². The van der Waals surface area contributed by atoms with E-state index in [9.17, 15) is 9.59 Å². The number of carbonyl (C=O) groups excluding carboxylic acids is 2. The summed E-state index contributed by atoms with van der Waals surface area (Å²) in [6.07, 6.45) is 2.41. The first-order valence-electron chi connectivity index (χ1n) is 11.5. The van der Waals surface area contributed by atoms with Crippen molar-refractivity contribution >= 4 is 23.2 Å². The van der Waals surface area contributed by atoms with Gasteiger partial charge in [0.25, 0.3) is 11.8 Å². The monoisotopic (exact) mass is 429 g/mol. The minimum absolute atomic E-state index is 0.0502. The Bertz CT molecular complexity index is 1110. The van der Waals surface area contributed by atoms with Crippen LogP contribution in [0.4, 0.5) is 5.69 Å². The number of fused-ring (bicyclic) bond motifs is 1. The number of rotatable bonds is 3. The second-order valence-electron chi connectivity index (χ2n) is 10.0. The smallest absolute Gasteiger partial charge is 0.286 e. The summed E-state index contributed by atoms with van der Waals surface area (Å²) in [7, 11) is 0. The predicted octanol–water partition coefficient (Wildman–Crippen LogP) is 4.16.